The molecule has 1 aliphatic heterocycles. The van der Waals surface area contributed by atoms with E-state index >= 15 is 0 Å². The summed E-state index contributed by atoms with van der Waals surface area (Å²) in [4.78, 5) is 12.0. The number of rotatable bonds is 3. The third kappa shape index (κ3) is 2.78. The van der Waals surface area contributed by atoms with Crippen LogP contribution in [0.2, 0.25) is 0 Å². The minimum absolute atomic E-state index is 0.0402. The van der Waals surface area contributed by atoms with Crippen molar-refractivity contribution in [2.75, 3.05) is 6.54 Å². The Bertz CT molecular complexity index is 595. The number of benzene rings is 1. The minimum Gasteiger partial charge on any atom is -0.351 e. The first-order valence-electron chi connectivity index (χ1n) is 6.45. The smallest absolute Gasteiger partial charge is 0.237 e. The van der Waals surface area contributed by atoms with Gasteiger partial charge in [-0.25, -0.2) is 0 Å². The van der Waals surface area contributed by atoms with Crippen LogP contribution >= 0.6 is 11.3 Å². The summed E-state index contributed by atoms with van der Waals surface area (Å²) in [5.74, 6) is 0.0402. The molecule has 2 atom stereocenters. The Hall–Kier alpha value is -1.43. The third-order valence-electron chi connectivity index (χ3n) is 3.46. The van der Waals surface area contributed by atoms with E-state index in [0.29, 0.717) is 6.54 Å². The van der Waals surface area contributed by atoms with Crippen LogP contribution in [0.5, 0.6) is 0 Å². The first kappa shape index (κ1) is 12.6. The Labute approximate surface area is 116 Å². The molecule has 0 radical (unpaired) electrons. The molecule has 1 fully saturated rings. The number of carbonyl (C=O) groups is 1. The van der Waals surface area contributed by atoms with E-state index in [1.54, 1.807) is 11.3 Å². The van der Waals surface area contributed by atoms with E-state index in [0.717, 1.165) is 18.5 Å². The normalized spacial score (nSPS) is 22.8. The lowest BCUT2D eigenvalue weighted by atomic mass is 10.1. The molecule has 3 rings (SSSR count). The molecule has 4 nitrogen and oxygen atoms in total. The molecule has 0 saturated carbocycles. The van der Waals surface area contributed by atoms with Crippen LogP contribution in [0.25, 0.3) is 10.1 Å². The van der Waals surface area contributed by atoms with Crippen LogP contribution in [0.15, 0.2) is 29.6 Å². The Morgan fingerprint density at radius 3 is 3.16 bits per heavy atom. The van der Waals surface area contributed by atoms with Gasteiger partial charge in [-0.3, -0.25) is 4.79 Å². The zero-order chi connectivity index (χ0) is 13.2. The number of hydrogen-bond acceptors (Lipinski definition) is 4. The zero-order valence-corrected chi connectivity index (χ0v) is 11.4. The highest BCUT2D eigenvalue weighted by Gasteiger charge is 2.26. The Morgan fingerprint density at radius 2 is 2.37 bits per heavy atom. The summed E-state index contributed by atoms with van der Waals surface area (Å²) in [6.07, 6.45) is 0.718. The second-order valence-electron chi connectivity index (χ2n) is 4.97. The maximum atomic E-state index is 12.0. The first-order chi connectivity index (χ1) is 9.22. The van der Waals surface area contributed by atoms with Crippen molar-refractivity contribution in [3.05, 3.63) is 35.2 Å². The van der Waals surface area contributed by atoms with Gasteiger partial charge in [-0.2, -0.15) is 0 Å². The second kappa shape index (κ2) is 5.28. The van der Waals surface area contributed by atoms with Gasteiger partial charge in [-0.05, 0) is 40.9 Å². The zero-order valence-electron chi connectivity index (χ0n) is 10.6. The van der Waals surface area contributed by atoms with E-state index in [1.807, 2.05) is 0 Å². The number of carbonyl (C=O) groups excluding carboxylic acids is 1. The van der Waals surface area contributed by atoms with Crippen LogP contribution in [0.1, 0.15) is 12.0 Å². The van der Waals surface area contributed by atoms with Crippen LogP contribution in [-0.4, -0.2) is 24.5 Å². The maximum absolute atomic E-state index is 12.0. The number of nitrogens with one attached hydrogen (secondary N) is 2. The predicted octanol–water partition coefficient (Wildman–Crippen LogP) is 1.21. The molecule has 1 amide bonds. The number of hydrogen-bond donors (Lipinski definition) is 3. The summed E-state index contributed by atoms with van der Waals surface area (Å²) in [5, 5.41) is 9.41. The third-order valence-corrected chi connectivity index (χ3v) is 4.36. The topological polar surface area (TPSA) is 67.1 Å². The summed E-state index contributed by atoms with van der Waals surface area (Å²) >= 11 is 1.73. The van der Waals surface area contributed by atoms with Crippen molar-refractivity contribution in [1.29, 1.82) is 0 Å². The Morgan fingerprint density at radius 1 is 1.47 bits per heavy atom. The van der Waals surface area contributed by atoms with Crippen molar-refractivity contribution in [2.45, 2.75) is 25.0 Å². The molecule has 1 saturated heterocycles. The van der Waals surface area contributed by atoms with E-state index in [2.05, 4.69) is 40.3 Å². The van der Waals surface area contributed by atoms with Gasteiger partial charge in [-0.15, -0.1) is 11.3 Å². The molecule has 19 heavy (non-hydrogen) atoms. The molecule has 100 valence electrons. The van der Waals surface area contributed by atoms with E-state index in [9.17, 15) is 4.79 Å². The van der Waals surface area contributed by atoms with E-state index in [-0.39, 0.29) is 18.0 Å². The highest BCUT2D eigenvalue weighted by molar-refractivity contribution is 7.17. The molecule has 4 N–H and O–H groups in total. The van der Waals surface area contributed by atoms with Gasteiger partial charge in [0.15, 0.2) is 0 Å². The monoisotopic (exact) mass is 275 g/mol. The van der Waals surface area contributed by atoms with Crippen LogP contribution in [-0.2, 0) is 11.3 Å². The molecular weight excluding hydrogens is 258 g/mol. The van der Waals surface area contributed by atoms with Gasteiger partial charge >= 0.3 is 0 Å². The largest absolute Gasteiger partial charge is 0.351 e. The highest BCUT2D eigenvalue weighted by Crippen LogP contribution is 2.21. The highest BCUT2D eigenvalue weighted by atomic mass is 32.1. The Kier molecular flexibility index (Phi) is 3.50. The van der Waals surface area contributed by atoms with Gasteiger partial charge in [0.2, 0.25) is 5.91 Å². The summed E-state index contributed by atoms with van der Waals surface area (Å²) in [6, 6.07) is 8.35. The minimum atomic E-state index is -0.139. The number of nitrogens with two attached hydrogens (primary N) is 1. The van der Waals surface area contributed by atoms with Gasteiger partial charge in [0, 0.05) is 23.8 Å². The fraction of sp³-hybridized carbons (Fsp3) is 0.357. The van der Waals surface area contributed by atoms with E-state index in [1.165, 1.54) is 10.1 Å². The van der Waals surface area contributed by atoms with Crippen molar-refractivity contribution in [2.24, 2.45) is 5.73 Å². The lowest BCUT2D eigenvalue weighted by Gasteiger charge is -2.11. The van der Waals surface area contributed by atoms with Crippen LogP contribution in [0, 0.1) is 0 Å². The van der Waals surface area contributed by atoms with Crippen molar-refractivity contribution in [1.82, 2.24) is 10.6 Å². The molecule has 0 unspecified atom stereocenters. The fourth-order valence-electron chi connectivity index (χ4n) is 2.40. The second-order valence-corrected chi connectivity index (χ2v) is 5.91. The summed E-state index contributed by atoms with van der Waals surface area (Å²) in [6.45, 7) is 1.29. The number of amides is 1. The average molecular weight is 275 g/mol. The molecule has 1 aromatic carbocycles. The lowest BCUT2D eigenvalue weighted by molar-refractivity contribution is -0.122. The van der Waals surface area contributed by atoms with Gasteiger partial charge < -0.3 is 16.4 Å². The summed E-state index contributed by atoms with van der Waals surface area (Å²) in [5.41, 5.74) is 6.91. The van der Waals surface area contributed by atoms with Crippen LogP contribution in [0.3, 0.4) is 0 Å². The van der Waals surface area contributed by atoms with Crippen molar-refractivity contribution >= 4 is 27.3 Å². The van der Waals surface area contributed by atoms with Crippen molar-refractivity contribution in [3.8, 4) is 0 Å². The van der Waals surface area contributed by atoms with Crippen LogP contribution in [0.4, 0.5) is 0 Å². The molecule has 2 aromatic rings. The van der Waals surface area contributed by atoms with E-state index < -0.39 is 0 Å². The standard InChI is InChI=1S/C14H17N3OS/c15-11-6-12(16-8-11)14(18)17-7-9-1-2-13-10(5-9)3-4-19-13/h1-5,11-12,16H,6-8,15H2,(H,17,18)/t11-,12+/m1/s1. The van der Waals surface area contributed by atoms with Crippen molar-refractivity contribution in [3.63, 3.8) is 0 Å². The molecular formula is C14H17N3OS. The average Bonchev–Trinajstić information content (AvgIpc) is 3.03. The fourth-order valence-corrected chi connectivity index (χ4v) is 3.17. The first-order valence-corrected chi connectivity index (χ1v) is 7.33. The van der Waals surface area contributed by atoms with Crippen LogP contribution < -0.4 is 16.4 Å². The lowest BCUT2D eigenvalue weighted by Crippen LogP contribution is -2.40. The molecule has 5 heteroatoms. The predicted molar refractivity (Wildman–Crippen MR) is 78.1 cm³/mol. The number of fused-ring (bicyclic) bond motifs is 1. The number of thiophene rings is 1. The Balaban J connectivity index is 1.60. The van der Waals surface area contributed by atoms with E-state index in [4.69, 9.17) is 5.73 Å². The molecule has 1 aromatic heterocycles. The van der Waals surface area contributed by atoms with Gasteiger partial charge in [0.25, 0.3) is 0 Å². The maximum Gasteiger partial charge on any atom is 0.237 e. The SMILES string of the molecule is N[C@H]1CN[C@H](C(=O)NCc2ccc3sccc3c2)C1. The van der Waals surface area contributed by atoms with Gasteiger partial charge in [0.05, 0.1) is 6.04 Å². The molecule has 1 aliphatic rings. The molecule has 2 heterocycles. The molecule has 0 bridgehead atoms. The quantitative estimate of drug-likeness (QED) is 0.788. The van der Waals surface area contributed by atoms with Crippen molar-refractivity contribution < 1.29 is 4.79 Å². The summed E-state index contributed by atoms with van der Waals surface area (Å²) < 4.78 is 1.28. The summed E-state index contributed by atoms with van der Waals surface area (Å²) in [7, 11) is 0. The van der Waals surface area contributed by atoms with Gasteiger partial charge in [0.1, 0.15) is 0 Å². The molecule has 0 aliphatic carbocycles. The molecule has 0 spiro atoms. The van der Waals surface area contributed by atoms with Gasteiger partial charge in [-0.1, -0.05) is 6.07 Å².